The summed E-state index contributed by atoms with van der Waals surface area (Å²) in [5.41, 5.74) is -0.621. The van der Waals surface area contributed by atoms with E-state index in [0.717, 1.165) is 30.7 Å². The monoisotopic (exact) mass is 290 g/mol. The summed E-state index contributed by atoms with van der Waals surface area (Å²) >= 11 is 0. The number of ether oxygens (including phenoxy) is 1. The Morgan fingerprint density at radius 1 is 1.19 bits per heavy atom. The van der Waals surface area contributed by atoms with Crippen molar-refractivity contribution in [1.29, 1.82) is 0 Å². The molecular formula is C16H25BNO3. The predicted octanol–water partition coefficient (Wildman–Crippen LogP) is 1.24. The summed E-state index contributed by atoms with van der Waals surface area (Å²) in [5, 5.41) is 13.3. The molecule has 0 amide bonds. The van der Waals surface area contributed by atoms with E-state index < -0.39 is 11.2 Å². The lowest BCUT2D eigenvalue weighted by atomic mass is 9.82. The Morgan fingerprint density at radius 3 is 2.38 bits per heavy atom. The molecule has 4 nitrogen and oxygen atoms in total. The second-order valence-corrected chi connectivity index (χ2v) is 6.61. The van der Waals surface area contributed by atoms with E-state index in [1.807, 2.05) is 38.1 Å². The number of aliphatic hydroxyl groups is 1. The van der Waals surface area contributed by atoms with Crippen LogP contribution in [0.15, 0.2) is 24.3 Å². The molecule has 21 heavy (non-hydrogen) atoms. The Labute approximate surface area is 128 Å². The number of hydrogen-bond donors (Lipinski definition) is 2. The average Bonchev–Trinajstić information content (AvgIpc) is 2.89. The molecule has 1 heterocycles. The van der Waals surface area contributed by atoms with Gasteiger partial charge in [0.15, 0.2) is 0 Å². The predicted molar refractivity (Wildman–Crippen MR) is 85.2 cm³/mol. The molecule has 1 aliphatic heterocycles. The summed E-state index contributed by atoms with van der Waals surface area (Å²) in [4.78, 5) is 0. The van der Waals surface area contributed by atoms with Crippen LogP contribution in [-0.2, 0) is 4.65 Å². The highest BCUT2D eigenvalue weighted by Gasteiger charge is 2.35. The summed E-state index contributed by atoms with van der Waals surface area (Å²) in [6.45, 7) is 9.16. The highest BCUT2D eigenvalue weighted by atomic mass is 16.5. The second kappa shape index (κ2) is 6.38. The molecule has 1 saturated heterocycles. The van der Waals surface area contributed by atoms with Crippen molar-refractivity contribution >= 4 is 12.9 Å². The normalized spacial score (nSPS) is 19.6. The summed E-state index contributed by atoms with van der Waals surface area (Å²) in [7, 11) is 1.68. The smallest absolute Gasteiger partial charge is 0.330 e. The first-order chi connectivity index (χ1) is 9.78. The molecule has 0 unspecified atom stereocenters. The van der Waals surface area contributed by atoms with Crippen LogP contribution in [0.2, 0.25) is 0 Å². The molecule has 2 rings (SSSR count). The SMILES string of the molecule is CC(C)(O)C(C)(C)O[B]c1ccc(O[C@H]2CCNC2)cc1. The van der Waals surface area contributed by atoms with Gasteiger partial charge in [0.25, 0.3) is 0 Å². The van der Waals surface area contributed by atoms with Crippen molar-refractivity contribution in [3.63, 3.8) is 0 Å². The van der Waals surface area contributed by atoms with Gasteiger partial charge < -0.3 is 19.8 Å². The van der Waals surface area contributed by atoms with E-state index in [1.54, 1.807) is 21.3 Å². The van der Waals surface area contributed by atoms with Crippen molar-refractivity contribution in [2.24, 2.45) is 0 Å². The zero-order chi connectivity index (χ0) is 15.5. The largest absolute Gasteiger partial charge is 0.489 e. The van der Waals surface area contributed by atoms with Gasteiger partial charge in [-0.1, -0.05) is 17.6 Å². The van der Waals surface area contributed by atoms with Crippen molar-refractivity contribution in [2.75, 3.05) is 13.1 Å². The van der Waals surface area contributed by atoms with Crippen LogP contribution < -0.4 is 15.5 Å². The van der Waals surface area contributed by atoms with E-state index in [0.29, 0.717) is 0 Å². The third-order valence-corrected chi connectivity index (χ3v) is 4.16. The van der Waals surface area contributed by atoms with Crippen LogP contribution in [0.1, 0.15) is 34.1 Å². The molecule has 0 spiro atoms. The zero-order valence-electron chi connectivity index (χ0n) is 13.3. The van der Waals surface area contributed by atoms with Crippen molar-refractivity contribution in [1.82, 2.24) is 5.32 Å². The van der Waals surface area contributed by atoms with Gasteiger partial charge in [-0.2, -0.15) is 0 Å². The van der Waals surface area contributed by atoms with Crippen LogP contribution in [0.3, 0.4) is 0 Å². The molecule has 0 aliphatic carbocycles. The minimum Gasteiger partial charge on any atom is -0.489 e. The van der Waals surface area contributed by atoms with Crippen molar-refractivity contribution < 1.29 is 14.5 Å². The first-order valence-corrected chi connectivity index (χ1v) is 7.49. The van der Waals surface area contributed by atoms with Crippen LogP contribution >= 0.6 is 0 Å². The van der Waals surface area contributed by atoms with Crippen LogP contribution in [0.5, 0.6) is 5.75 Å². The number of hydrogen-bond acceptors (Lipinski definition) is 4. The number of rotatable bonds is 6. The maximum absolute atomic E-state index is 10.1. The highest BCUT2D eigenvalue weighted by Crippen LogP contribution is 2.24. The Bertz CT molecular complexity index is 448. The maximum atomic E-state index is 10.1. The lowest BCUT2D eigenvalue weighted by Crippen LogP contribution is -2.49. The van der Waals surface area contributed by atoms with Crippen LogP contribution in [0.4, 0.5) is 0 Å². The summed E-state index contributed by atoms with van der Waals surface area (Å²) < 4.78 is 11.6. The van der Waals surface area contributed by atoms with E-state index in [9.17, 15) is 5.11 Å². The van der Waals surface area contributed by atoms with Gasteiger partial charge in [0.05, 0.1) is 11.2 Å². The molecule has 1 radical (unpaired) electrons. The number of nitrogens with one attached hydrogen (secondary N) is 1. The fraction of sp³-hybridized carbons (Fsp3) is 0.625. The lowest BCUT2D eigenvalue weighted by Gasteiger charge is -2.37. The molecule has 1 aliphatic rings. The lowest BCUT2D eigenvalue weighted by molar-refractivity contribution is -0.0893. The fourth-order valence-corrected chi connectivity index (χ4v) is 1.91. The summed E-state index contributed by atoms with van der Waals surface area (Å²) in [6.07, 6.45) is 1.32. The first kappa shape index (κ1) is 16.3. The third-order valence-electron chi connectivity index (χ3n) is 4.16. The van der Waals surface area contributed by atoms with Crippen LogP contribution in [-0.4, -0.2) is 43.0 Å². The van der Waals surface area contributed by atoms with Crippen molar-refractivity contribution in [2.45, 2.75) is 51.4 Å². The molecule has 1 atom stereocenters. The van der Waals surface area contributed by atoms with E-state index in [4.69, 9.17) is 9.39 Å². The molecule has 0 aromatic heterocycles. The molecule has 1 fully saturated rings. The van der Waals surface area contributed by atoms with E-state index >= 15 is 0 Å². The van der Waals surface area contributed by atoms with Crippen LogP contribution in [0, 0.1) is 0 Å². The van der Waals surface area contributed by atoms with E-state index in [1.165, 1.54) is 0 Å². The molecule has 115 valence electrons. The quantitative estimate of drug-likeness (QED) is 0.774. The summed E-state index contributed by atoms with van der Waals surface area (Å²) in [6, 6.07) is 7.81. The zero-order valence-corrected chi connectivity index (χ0v) is 13.3. The van der Waals surface area contributed by atoms with Gasteiger partial charge in [0.1, 0.15) is 11.9 Å². The van der Waals surface area contributed by atoms with Gasteiger partial charge in [-0.05, 0) is 52.8 Å². The van der Waals surface area contributed by atoms with Gasteiger partial charge >= 0.3 is 7.48 Å². The van der Waals surface area contributed by atoms with E-state index in [-0.39, 0.29) is 6.10 Å². The minimum atomic E-state index is -0.915. The molecule has 1 aromatic rings. The first-order valence-electron chi connectivity index (χ1n) is 7.49. The number of benzene rings is 1. The second-order valence-electron chi connectivity index (χ2n) is 6.61. The van der Waals surface area contributed by atoms with Crippen LogP contribution in [0.25, 0.3) is 0 Å². The Morgan fingerprint density at radius 2 is 1.86 bits per heavy atom. The van der Waals surface area contributed by atoms with Crippen molar-refractivity contribution in [3.05, 3.63) is 24.3 Å². The molecular weight excluding hydrogens is 265 g/mol. The van der Waals surface area contributed by atoms with Gasteiger partial charge in [-0.25, -0.2) is 0 Å². The Hall–Kier alpha value is -1.04. The fourth-order valence-electron chi connectivity index (χ4n) is 1.91. The van der Waals surface area contributed by atoms with Gasteiger partial charge in [0, 0.05) is 6.54 Å². The molecule has 0 saturated carbocycles. The standard InChI is InChI=1S/C16H25BNO3/c1-15(2,19)16(3,4)21-17-12-5-7-13(8-6-12)20-14-9-10-18-11-14/h5-8,14,18-19H,9-11H2,1-4H3/t14-/m0/s1. The summed E-state index contributed by atoms with van der Waals surface area (Å²) in [5.74, 6) is 0.877. The molecule has 2 N–H and O–H groups in total. The molecule has 1 aromatic carbocycles. The van der Waals surface area contributed by atoms with Gasteiger partial charge in [-0.3, -0.25) is 0 Å². The topological polar surface area (TPSA) is 50.7 Å². The molecule has 0 bridgehead atoms. The van der Waals surface area contributed by atoms with Crippen molar-refractivity contribution in [3.8, 4) is 5.75 Å². The van der Waals surface area contributed by atoms with Gasteiger partial charge in [0.2, 0.25) is 0 Å². The van der Waals surface area contributed by atoms with E-state index in [2.05, 4.69) is 5.32 Å². The highest BCUT2D eigenvalue weighted by molar-refractivity contribution is 6.47. The Balaban J connectivity index is 1.87. The van der Waals surface area contributed by atoms with Gasteiger partial charge in [-0.15, -0.1) is 0 Å². The minimum absolute atomic E-state index is 0.269. The average molecular weight is 290 g/mol. The molecule has 5 heteroatoms. The maximum Gasteiger partial charge on any atom is 0.330 e. The third kappa shape index (κ3) is 4.46. The Kier molecular flexibility index (Phi) is 4.97.